The third kappa shape index (κ3) is 6.06. The van der Waals surface area contributed by atoms with Gasteiger partial charge in [-0.1, -0.05) is 17.7 Å². The molecule has 5 nitrogen and oxygen atoms in total. The molecule has 1 heterocycles. The van der Waals surface area contributed by atoms with E-state index >= 15 is 0 Å². The van der Waals surface area contributed by atoms with E-state index in [0.717, 1.165) is 0 Å². The van der Waals surface area contributed by atoms with E-state index in [1.54, 1.807) is 6.92 Å². The third-order valence-electron chi connectivity index (χ3n) is 3.90. The number of hydrogen-bond donors (Lipinski definition) is 0. The first kappa shape index (κ1) is 22.9. The van der Waals surface area contributed by atoms with Crippen molar-refractivity contribution in [3.8, 4) is 17.0 Å². The van der Waals surface area contributed by atoms with E-state index in [9.17, 15) is 26.7 Å². The smallest absolute Gasteiger partial charge is 0.389 e. The van der Waals surface area contributed by atoms with Crippen LogP contribution in [0.4, 0.5) is 22.0 Å². The molecule has 0 atom stereocenters. The molecule has 0 aliphatic heterocycles. The molecular formula is C18H18ClF5N2O3. The monoisotopic (exact) mass is 440 g/mol. The van der Waals surface area contributed by atoms with Gasteiger partial charge in [-0.2, -0.15) is 27.1 Å². The number of hydrogen-bond acceptors (Lipinski definition) is 4. The van der Waals surface area contributed by atoms with Crippen molar-refractivity contribution in [3.63, 3.8) is 0 Å². The van der Waals surface area contributed by atoms with Gasteiger partial charge in [0.15, 0.2) is 5.69 Å². The molecule has 2 rings (SSSR count). The predicted octanol–water partition coefficient (Wildman–Crippen LogP) is 5.40. The van der Waals surface area contributed by atoms with Crippen LogP contribution in [0.3, 0.4) is 0 Å². The van der Waals surface area contributed by atoms with Crippen molar-refractivity contribution in [1.82, 2.24) is 9.78 Å². The zero-order valence-electron chi connectivity index (χ0n) is 15.5. The number of nitrogens with zero attached hydrogens (tertiary/aromatic N) is 2. The van der Waals surface area contributed by atoms with Crippen LogP contribution in [0.2, 0.25) is 5.02 Å². The van der Waals surface area contributed by atoms with Gasteiger partial charge in [-0.15, -0.1) is 0 Å². The van der Waals surface area contributed by atoms with Crippen molar-refractivity contribution < 1.29 is 36.2 Å². The second kappa shape index (κ2) is 9.43. The number of carbonyl (C=O) groups excluding carboxylic acids is 1. The zero-order chi connectivity index (χ0) is 21.8. The fourth-order valence-electron chi connectivity index (χ4n) is 2.72. The number of alkyl halides is 5. The summed E-state index contributed by atoms with van der Waals surface area (Å²) < 4.78 is 73.4. The van der Waals surface area contributed by atoms with Crippen LogP contribution in [-0.4, -0.2) is 35.1 Å². The normalized spacial score (nSPS) is 11.8. The molecule has 0 aliphatic carbocycles. The number of rotatable bonds is 8. The van der Waals surface area contributed by atoms with Gasteiger partial charge in [0, 0.05) is 19.0 Å². The molecule has 160 valence electrons. The largest absolute Gasteiger partial charge is 0.461 e. The number of aromatic nitrogens is 2. The van der Waals surface area contributed by atoms with Gasteiger partial charge in [0.25, 0.3) is 0 Å². The lowest BCUT2D eigenvalue weighted by molar-refractivity contribution is -0.135. The standard InChI is InChI=1S/C18H18ClF5N2O3/c1-3-28-16(27)14-13(19)15(26(2)25-14)11-7-6-10(5-4-8-18(22,23)24)9-12(11)29-17(20)21/h6-7,9,17H,3-5,8H2,1-2H3. The van der Waals surface area contributed by atoms with E-state index in [1.807, 2.05) is 0 Å². The highest BCUT2D eigenvalue weighted by Gasteiger charge is 2.27. The maximum absolute atomic E-state index is 12.9. The van der Waals surface area contributed by atoms with Gasteiger partial charge in [0.05, 0.1) is 12.3 Å². The van der Waals surface area contributed by atoms with Crippen LogP contribution in [-0.2, 0) is 18.2 Å². The average Bonchev–Trinajstić information content (AvgIpc) is 2.89. The topological polar surface area (TPSA) is 53.3 Å². The van der Waals surface area contributed by atoms with Crippen molar-refractivity contribution in [3.05, 3.63) is 34.5 Å². The molecule has 1 aromatic heterocycles. The summed E-state index contributed by atoms with van der Waals surface area (Å²) in [7, 11) is 1.45. The van der Waals surface area contributed by atoms with Crippen molar-refractivity contribution >= 4 is 17.6 Å². The van der Waals surface area contributed by atoms with Gasteiger partial charge in [-0.25, -0.2) is 4.79 Å². The summed E-state index contributed by atoms with van der Waals surface area (Å²) in [6.45, 7) is -1.48. The molecule has 0 saturated heterocycles. The average molecular weight is 441 g/mol. The Hall–Kier alpha value is -2.36. The fraction of sp³-hybridized carbons (Fsp3) is 0.444. The molecule has 0 aliphatic rings. The Morgan fingerprint density at radius 2 is 2.00 bits per heavy atom. The van der Waals surface area contributed by atoms with Crippen molar-refractivity contribution in [2.45, 2.75) is 39.0 Å². The molecule has 0 spiro atoms. The molecular weight excluding hydrogens is 423 g/mol. The van der Waals surface area contributed by atoms with E-state index in [1.165, 1.54) is 29.9 Å². The summed E-state index contributed by atoms with van der Waals surface area (Å²) in [5.41, 5.74) is 0.438. The third-order valence-corrected chi connectivity index (χ3v) is 4.26. The first-order valence-electron chi connectivity index (χ1n) is 8.58. The molecule has 0 fully saturated rings. The molecule has 0 bridgehead atoms. The van der Waals surface area contributed by atoms with Crippen LogP contribution in [0.25, 0.3) is 11.3 Å². The van der Waals surface area contributed by atoms with Crippen LogP contribution in [0, 0.1) is 0 Å². The molecule has 0 radical (unpaired) electrons. The summed E-state index contributed by atoms with van der Waals surface area (Å²) in [6.07, 6.45) is -5.47. The Kier molecular flexibility index (Phi) is 7.45. The van der Waals surface area contributed by atoms with Gasteiger partial charge < -0.3 is 9.47 Å². The van der Waals surface area contributed by atoms with Crippen LogP contribution >= 0.6 is 11.6 Å². The lowest BCUT2D eigenvalue weighted by atomic mass is 10.0. The second-order valence-electron chi connectivity index (χ2n) is 6.03. The van der Waals surface area contributed by atoms with Gasteiger partial charge >= 0.3 is 18.8 Å². The predicted molar refractivity (Wildman–Crippen MR) is 95.2 cm³/mol. The Morgan fingerprint density at radius 3 is 2.59 bits per heavy atom. The second-order valence-corrected chi connectivity index (χ2v) is 6.41. The number of halogens is 6. The summed E-state index contributed by atoms with van der Waals surface area (Å²) in [6, 6.07) is 4.10. The first-order valence-corrected chi connectivity index (χ1v) is 8.95. The maximum Gasteiger partial charge on any atom is 0.389 e. The molecule has 2 aromatic rings. The number of benzene rings is 1. The number of aryl methyl sites for hydroxylation is 2. The lowest BCUT2D eigenvalue weighted by Gasteiger charge is -2.14. The minimum absolute atomic E-state index is 0.0204. The van der Waals surface area contributed by atoms with E-state index < -0.39 is 25.2 Å². The first-order chi connectivity index (χ1) is 13.5. The van der Waals surface area contributed by atoms with E-state index in [0.29, 0.717) is 5.56 Å². The molecule has 11 heteroatoms. The van der Waals surface area contributed by atoms with Crippen LogP contribution < -0.4 is 4.74 Å². The fourth-order valence-corrected chi connectivity index (χ4v) is 3.06. The van der Waals surface area contributed by atoms with Crippen LogP contribution in [0.1, 0.15) is 35.8 Å². The molecule has 0 amide bonds. The van der Waals surface area contributed by atoms with Crippen LogP contribution in [0.5, 0.6) is 5.75 Å². The summed E-state index contributed by atoms with van der Waals surface area (Å²) in [5.74, 6) is -1.07. The number of carbonyl (C=O) groups is 1. The Balaban J connectivity index is 2.40. The Bertz CT molecular complexity index is 868. The molecule has 0 N–H and O–H groups in total. The van der Waals surface area contributed by atoms with Gasteiger partial charge in [0.1, 0.15) is 10.8 Å². The summed E-state index contributed by atoms with van der Waals surface area (Å²) in [5, 5.41) is 3.85. The molecule has 29 heavy (non-hydrogen) atoms. The highest BCUT2D eigenvalue weighted by molar-refractivity contribution is 6.35. The van der Waals surface area contributed by atoms with Gasteiger partial charge in [-0.3, -0.25) is 4.68 Å². The lowest BCUT2D eigenvalue weighted by Crippen LogP contribution is -2.08. The Morgan fingerprint density at radius 1 is 1.31 bits per heavy atom. The van der Waals surface area contributed by atoms with E-state index in [-0.39, 0.29) is 47.2 Å². The Labute approximate surface area is 168 Å². The molecule has 0 saturated carbocycles. The van der Waals surface area contributed by atoms with Crippen molar-refractivity contribution in [2.24, 2.45) is 7.05 Å². The highest BCUT2D eigenvalue weighted by Crippen LogP contribution is 2.38. The van der Waals surface area contributed by atoms with Crippen LogP contribution in [0.15, 0.2) is 18.2 Å². The minimum atomic E-state index is -4.30. The highest BCUT2D eigenvalue weighted by atomic mass is 35.5. The maximum atomic E-state index is 12.9. The van der Waals surface area contributed by atoms with E-state index in [2.05, 4.69) is 9.84 Å². The summed E-state index contributed by atoms with van der Waals surface area (Å²) in [4.78, 5) is 12.0. The minimum Gasteiger partial charge on any atom is -0.461 e. The van der Waals surface area contributed by atoms with Gasteiger partial charge in [0.2, 0.25) is 0 Å². The number of ether oxygens (including phenoxy) is 2. The quantitative estimate of drug-likeness (QED) is 0.407. The SMILES string of the molecule is CCOC(=O)c1nn(C)c(-c2ccc(CCCC(F)(F)F)cc2OC(F)F)c1Cl. The summed E-state index contributed by atoms with van der Waals surface area (Å²) >= 11 is 6.22. The number of esters is 1. The van der Waals surface area contributed by atoms with Crippen molar-refractivity contribution in [1.29, 1.82) is 0 Å². The van der Waals surface area contributed by atoms with Crippen molar-refractivity contribution in [2.75, 3.05) is 6.61 Å². The van der Waals surface area contributed by atoms with E-state index in [4.69, 9.17) is 16.3 Å². The zero-order valence-corrected chi connectivity index (χ0v) is 16.3. The molecule has 0 unspecified atom stereocenters. The molecule has 1 aromatic carbocycles. The van der Waals surface area contributed by atoms with Gasteiger partial charge in [-0.05, 0) is 37.5 Å².